The van der Waals surface area contributed by atoms with Crippen molar-refractivity contribution in [2.24, 2.45) is 0 Å². The molecule has 1 N–H and O–H groups in total. The fraction of sp³-hybridized carbons (Fsp3) is 1.00. The highest BCUT2D eigenvalue weighted by molar-refractivity contribution is 9.12. The van der Waals surface area contributed by atoms with E-state index in [9.17, 15) is 5.11 Å². The van der Waals surface area contributed by atoms with Crippen molar-refractivity contribution in [1.82, 2.24) is 0 Å². The molecule has 0 aliphatic heterocycles. The van der Waals surface area contributed by atoms with E-state index in [1.165, 1.54) is 0 Å². The minimum absolute atomic E-state index is 0.169. The van der Waals surface area contributed by atoms with Crippen LogP contribution in [0, 0.1) is 0 Å². The number of aliphatic hydroxyl groups is 1. The van der Waals surface area contributed by atoms with Crippen molar-refractivity contribution in [3.8, 4) is 0 Å². The topological polar surface area (TPSA) is 57.2 Å². The maximum absolute atomic E-state index is 9.58. The zero-order valence-corrected chi connectivity index (χ0v) is 19.8. The van der Waals surface area contributed by atoms with Gasteiger partial charge in [-0.2, -0.15) is 0 Å². The molecule has 0 aromatic heterocycles. The average molecular weight is 598 g/mol. The van der Waals surface area contributed by atoms with Gasteiger partial charge in [-0.3, -0.25) is 4.52 Å². The molecule has 4 atom stereocenters. The molecule has 0 amide bonds. The highest BCUT2D eigenvalue weighted by Gasteiger charge is 2.23. The molecule has 0 rings (SSSR count). The van der Waals surface area contributed by atoms with E-state index in [-0.39, 0.29) is 9.65 Å². The first-order valence-electron chi connectivity index (χ1n) is 6.93. The maximum atomic E-state index is 9.58. The minimum atomic E-state index is -1.56. The quantitative estimate of drug-likeness (QED) is 0.172. The zero-order chi connectivity index (χ0) is 17.0. The highest BCUT2D eigenvalue weighted by Crippen LogP contribution is 2.43. The number of ether oxygens (including phenoxy) is 1. The molecule has 0 heterocycles. The van der Waals surface area contributed by atoms with Crippen LogP contribution in [0.1, 0.15) is 26.7 Å². The van der Waals surface area contributed by atoms with Crippen LogP contribution in [0.2, 0.25) is 0 Å². The fourth-order valence-corrected chi connectivity index (χ4v) is 3.27. The van der Waals surface area contributed by atoms with Crippen molar-refractivity contribution >= 4 is 72.3 Å². The normalized spacial score (nSPS) is 18.7. The molecule has 10 heteroatoms. The van der Waals surface area contributed by atoms with Crippen molar-refractivity contribution in [3.63, 3.8) is 0 Å². The SMILES string of the molecule is CCC(O)OC(CC)OP(OCC(Br)CBr)OCC(Br)CBr. The molecule has 0 fully saturated rings. The second kappa shape index (κ2) is 15.4. The van der Waals surface area contributed by atoms with Crippen LogP contribution in [0.5, 0.6) is 0 Å². The van der Waals surface area contributed by atoms with E-state index in [1.54, 1.807) is 0 Å². The highest BCUT2D eigenvalue weighted by atomic mass is 79.9. The Labute approximate surface area is 167 Å². The molecular weight excluding hydrogens is 575 g/mol. The summed E-state index contributed by atoms with van der Waals surface area (Å²) in [7, 11) is -1.56. The van der Waals surface area contributed by atoms with Crippen LogP contribution in [-0.4, -0.2) is 51.2 Å². The van der Waals surface area contributed by atoms with Crippen LogP contribution in [0.25, 0.3) is 0 Å². The lowest BCUT2D eigenvalue weighted by Gasteiger charge is -2.25. The number of hydrogen-bond donors (Lipinski definition) is 1. The van der Waals surface area contributed by atoms with Crippen LogP contribution in [0.3, 0.4) is 0 Å². The van der Waals surface area contributed by atoms with Crippen molar-refractivity contribution in [3.05, 3.63) is 0 Å². The molecule has 0 saturated heterocycles. The Hall–Kier alpha value is 2.15. The van der Waals surface area contributed by atoms with E-state index in [0.29, 0.717) is 26.1 Å². The first-order chi connectivity index (χ1) is 10.5. The lowest BCUT2D eigenvalue weighted by Crippen LogP contribution is -2.23. The Bertz CT molecular complexity index is 254. The third kappa shape index (κ3) is 12.5. The molecular formula is C12H23Br4O5P. The summed E-state index contributed by atoms with van der Waals surface area (Å²) in [5, 5.41) is 11.1. The number of aliphatic hydroxyl groups excluding tert-OH is 1. The Kier molecular flexibility index (Phi) is 16.9. The van der Waals surface area contributed by atoms with Gasteiger partial charge in [0, 0.05) is 20.3 Å². The Morgan fingerprint density at radius 1 is 0.955 bits per heavy atom. The third-order valence-electron chi connectivity index (χ3n) is 2.25. The summed E-state index contributed by atoms with van der Waals surface area (Å²) in [6.07, 6.45) is -0.314. The predicted octanol–water partition coefficient (Wildman–Crippen LogP) is 5.06. The largest absolute Gasteiger partial charge is 0.368 e. The molecule has 134 valence electrons. The third-order valence-corrected chi connectivity index (χ3v) is 7.86. The van der Waals surface area contributed by atoms with Crippen LogP contribution in [-0.2, 0) is 18.3 Å². The van der Waals surface area contributed by atoms with Gasteiger partial charge in [-0.15, -0.1) is 0 Å². The molecule has 0 bridgehead atoms. The van der Waals surface area contributed by atoms with Gasteiger partial charge in [0.1, 0.15) is 0 Å². The Morgan fingerprint density at radius 2 is 1.45 bits per heavy atom. The summed E-state index contributed by atoms with van der Waals surface area (Å²) in [6, 6.07) is 0. The van der Waals surface area contributed by atoms with Crippen molar-refractivity contribution in [2.45, 2.75) is 48.9 Å². The number of alkyl halides is 4. The van der Waals surface area contributed by atoms with Gasteiger partial charge in [-0.1, -0.05) is 77.6 Å². The summed E-state index contributed by atoms with van der Waals surface area (Å²) in [4.78, 5) is 0.339. The van der Waals surface area contributed by atoms with Crippen molar-refractivity contribution < 1.29 is 23.4 Å². The second-order valence-corrected chi connectivity index (χ2v) is 9.32. The van der Waals surface area contributed by atoms with E-state index in [2.05, 4.69) is 63.7 Å². The van der Waals surface area contributed by atoms with E-state index in [4.69, 9.17) is 18.3 Å². The van der Waals surface area contributed by atoms with Gasteiger partial charge in [0.2, 0.25) is 0 Å². The number of rotatable bonds is 14. The maximum Gasteiger partial charge on any atom is 0.335 e. The summed E-state index contributed by atoms with van der Waals surface area (Å²) in [5.74, 6) is 0. The molecule has 0 aliphatic carbocycles. The Morgan fingerprint density at radius 3 is 1.82 bits per heavy atom. The first-order valence-corrected chi connectivity index (χ1v) is 12.1. The summed E-state index contributed by atoms with van der Waals surface area (Å²) in [5.41, 5.74) is 0. The van der Waals surface area contributed by atoms with E-state index < -0.39 is 21.2 Å². The van der Waals surface area contributed by atoms with Gasteiger partial charge < -0.3 is 18.9 Å². The smallest absolute Gasteiger partial charge is 0.335 e. The summed E-state index contributed by atoms with van der Waals surface area (Å²) in [6.45, 7) is 4.65. The van der Waals surface area contributed by atoms with Crippen LogP contribution in [0.15, 0.2) is 0 Å². The fourth-order valence-electron chi connectivity index (χ4n) is 1.03. The van der Waals surface area contributed by atoms with Gasteiger partial charge in [0.05, 0.1) is 13.2 Å². The molecule has 4 unspecified atom stereocenters. The predicted molar refractivity (Wildman–Crippen MR) is 104 cm³/mol. The molecule has 0 saturated carbocycles. The lowest BCUT2D eigenvalue weighted by molar-refractivity contribution is -0.200. The zero-order valence-electron chi connectivity index (χ0n) is 12.6. The molecule has 5 nitrogen and oxygen atoms in total. The molecule has 0 radical (unpaired) electrons. The standard InChI is InChI=1S/C12H23Br4O5P/c1-3-11(17)20-12(4-2)21-22(18-7-9(15)5-13)19-8-10(16)6-14/h9-12,17H,3-8H2,1-2H3. The van der Waals surface area contributed by atoms with E-state index in [0.717, 1.165) is 10.7 Å². The molecule has 0 spiro atoms. The monoisotopic (exact) mass is 594 g/mol. The summed E-state index contributed by atoms with van der Waals surface area (Å²) >= 11 is 13.7. The molecule has 0 aliphatic rings. The molecule has 22 heavy (non-hydrogen) atoms. The second-order valence-electron chi connectivity index (χ2n) is 4.26. The molecule has 0 aromatic carbocycles. The van der Waals surface area contributed by atoms with Crippen LogP contribution in [0.4, 0.5) is 0 Å². The van der Waals surface area contributed by atoms with Crippen molar-refractivity contribution in [1.29, 1.82) is 0 Å². The lowest BCUT2D eigenvalue weighted by atomic mass is 10.4. The summed E-state index contributed by atoms with van der Waals surface area (Å²) < 4.78 is 22.5. The average Bonchev–Trinajstić information content (AvgIpc) is 2.54. The number of hydrogen-bond acceptors (Lipinski definition) is 5. The van der Waals surface area contributed by atoms with Gasteiger partial charge in [-0.25, -0.2) is 0 Å². The van der Waals surface area contributed by atoms with Gasteiger partial charge >= 0.3 is 8.60 Å². The van der Waals surface area contributed by atoms with Crippen molar-refractivity contribution in [2.75, 3.05) is 23.9 Å². The van der Waals surface area contributed by atoms with Crippen LogP contribution >= 0.6 is 72.3 Å². The number of halogens is 4. The van der Waals surface area contributed by atoms with E-state index in [1.807, 2.05) is 13.8 Å². The van der Waals surface area contributed by atoms with E-state index >= 15 is 0 Å². The van der Waals surface area contributed by atoms with Gasteiger partial charge in [0.25, 0.3) is 0 Å². The molecule has 0 aromatic rings. The van der Waals surface area contributed by atoms with Gasteiger partial charge in [-0.05, 0) is 12.8 Å². The first kappa shape index (κ1) is 24.1. The minimum Gasteiger partial charge on any atom is -0.368 e. The Balaban J connectivity index is 4.45. The van der Waals surface area contributed by atoms with Crippen LogP contribution < -0.4 is 0 Å². The van der Waals surface area contributed by atoms with Gasteiger partial charge in [0.15, 0.2) is 12.6 Å².